The third-order valence-electron chi connectivity index (χ3n) is 3.91. The number of fused-ring (bicyclic) bond motifs is 1. The minimum Gasteiger partial charge on any atom is -0.308 e. The van der Waals surface area contributed by atoms with Gasteiger partial charge in [-0.2, -0.15) is 5.26 Å². The van der Waals surface area contributed by atoms with E-state index in [1.807, 2.05) is 18.2 Å². The number of likely N-dealkylation sites (N-methyl/N-ethyl adjacent to an activating group) is 1. The Kier molecular flexibility index (Phi) is 4.00. The van der Waals surface area contributed by atoms with Gasteiger partial charge in [-0.05, 0) is 25.2 Å². The van der Waals surface area contributed by atoms with Crippen LogP contribution < -0.4 is 5.01 Å². The lowest BCUT2D eigenvalue weighted by atomic mass is 10.2. The monoisotopic (exact) mass is 303 g/mol. The molecule has 6 heteroatoms. The average molecular weight is 304 g/mol. The van der Waals surface area contributed by atoms with Crippen molar-refractivity contribution in [3.05, 3.63) is 29.6 Å². The lowest BCUT2D eigenvalue weighted by Gasteiger charge is -2.35. The molecular formula is C15H18ClN5. The van der Waals surface area contributed by atoms with Gasteiger partial charge in [0, 0.05) is 38.5 Å². The highest BCUT2D eigenvalue weighted by Crippen LogP contribution is 2.20. The van der Waals surface area contributed by atoms with E-state index in [-0.39, 0.29) is 0 Å². The molecule has 21 heavy (non-hydrogen) atoms. The summed E-state index contributed by atoms with van der Waals surface area (Å²) in [5, 5.41) is 11.4. The molecule has 110 valence electrons. The molecule has 0 unspecified atom stereocenters. The molecule has 1 aliphatic heterocycles. The molecule has 1 saturated heterocycles. The van der Waals surface area contributed by atoms with Gasteiger partial charge in [0.05, 0.1) is 22.7 Å². The van der Waals surface area contributed by atoms with Crippen molar-refractivity contribution in [2.45, 2.75) is 6.42 Å². The largest absolute Gasteiger partial charge is 0.308 e. The molecule has 1 fully saturated rings. The molecule has 3 rings (SSSR count). The molecule has 0 amide bonds. The Morgan fingerprint density at radius 1 is 1.29 bits per heavy atom. The Labute approximate surface area is 129 Å². The number of halogens is 1. The summed E-state index contributed by atoms with van der Waals surface area (Å²) in [4.78, 5) is 7.00. The number of alkyl halides is 1. The maximum absolute atomic E-state index is 9.12. The second kappa shape index (κ2) is 5.92. The van der Waals surface area contributed by atoms with E-state index in [1.165, 1.54) is 0 Å². The summed E-state index contributed by atoms with van der Waals surface area (Å²) in [5.74, 6) is 1.52. The van der Waals surface area contributed by atoms with Crippen LogP contribution in [0.3, 0.4) is 0 Å². The highest BCUT2D eigenvalue weighted by atomic mass is 35.5. The van der Waals surface area contributed by atoms with Crippen LogP contribution in [-0.4, -0.2) is 53.7 Å². The van der Waals surface area contributed by atoms with Crippen molar-refractivity contribution in [3.8, 4) is 6.07 Å². The standard InChI is InChI=1S/C15H18ClN5/c1-19-6-8-20(9-7-19)21-14-10-12(11-17)2-3-13(14)18-15(21)4-5-16/h2-3,10H,4-9H2,1H3. The smallest absolute Gasteiger partial charge is 0.130 e. The Bertz CT molecular complexity index is 679. The van der Waals surface area contributed by atoms with Crippen LogP contribution in [0.5, 0.6) is 0 Å². The molecule has 2 heterocycles. The second-order valence-corrected chi connectivity index (χ2v) is 5.73. The van der Waals surface area contributed by atoms with Gasteiger partial charge >= 0.3 is 0 Å². The fourth-order valence-electron chi connectivity index (χ4n) is 2.74. The van der Waals surface area contributed by atoms with Crippen LogP contribution in [0.1, 0.15) is 11.4 Å². The first-order chi connectivity index (χ1) is 10.2. The van der Waals surface area contributed by atoms with E-state index < -0.39 is 0 Å². The molecule has 0 spiro atoms. The zero-order valence-electron chi connectivity index (χ0n) is 12.1. The molecule has 1 aromatic heterocycles. The molecule has 0 atom stereocenters. The zero-order valence-corrected chi connectivity index (χ0v) is 12.8. The minimum absolute atomic E-state index is 0.544. The summed E-state index contributed by atoms with van der Waals surface area (Å²) in [5.41, 5.74) is 2.59. The first-order valence-electron chi connectivity index (χ1n) is 7.14. The van der Waals surface area contributed by atoms with Gasteiger partial charge in [0.15, 0.2) is 0 Å². The zero-order chi connectivity index (χ0) is 14.8. The fourth-order valence-corrected chi connectivity index (χ4v) is 2.91. The predicted octanol–water partition coefficient (Wildman–Crippen LogP) is 1.57. The predicted molar refractivity (Wildman–Crippen MR) is 84.3 cm³/mol. The van der Waals surface area contributed by atoms with Crippen LogP contribution in [0.2, 0.25) is 0 Å². The summed E-state index contributed by atoms with van der Waals surface area (Å²) >= 11 is 5.92. The number of hydrogen-bond donors (Lipinski definition) is 0. The Morgan fingerprint density at radius 3 is 2.71 bits per heavy atom. The molecular weight excluding hydrogens is 286 g/mol. The highest BCUT2D eigenvalue weighted by Gasteiger charge is 2.20. The van der Waals surface area contributed by atoms with Gasteiger partial charge in [-0.15, -0.1) is 11.6 Å². The molecule has 0 aliphatic carbocycles. The van der Waals surface area contributed by atoms with Gasteiger partial charge in [0.2, 0.25) is 0 Å². The van der Waals surface area contributed by atoms with Gasteiger partial charge in [-0.1, -0.05) is 0 Å². The number of hydrogen-bond acceptors (Lipinski definition) is 4. The number of benzene rings is 1. The Hall–Kier alpha value is -1.77. The first-order valence-corrected chi connectivity index (χ1v) is 7.67. The van der Waals surface area contributed by atoms with Crippen molar-refractivity contribution in [1.82, 2.24) is 14.6 Å². The van der Waals surface area contributed by atoms with Crippen molar-refractivity contribution in [2.24, 2.45) is 0 Å². The Morgan fingerprint density at radius 2 is 2.05 bits per heavy atom. The number of aromatic nitrogens is 2. The lowest BCUT2D eigenvalue weighted by molar-refractivity contribution is 0.287. The molecule has 2 aromatic rings. The van der Waals surface area contributed by atoms with Crippen LogP contribution >= 0.6 is 11.6 Å². The van der Waals surface area contributed by atoms with E-state index >= 15 is 0 Å². The summed E-state index contributed by atoms with van der Waals surface area (Å²) in [6.07, 6.45) is 0.727. The number of piperazine rings is 1. The van der Waals surface area contributed by atoms with E-state index in [9.17, 15) is 0 Å². The number of rotatable bonds is 3. The SMILES string of the molecule is CN1CCN(n2c(CCCl)nc3ccc(C#N)cc32)CC1. The van der Waals surface area contributed by atoms with Crippen LogP contribution in [0.15, 0.2) is 18.2 Å². The molecule has 0 N–H and O–H groups in total. The van der Waals surface area contributed by atoms with Gasteiger partial charge in [-0.25, -0.2) is 9.66 Å². The topological polar surface area (TPSA) is 48.1 Å². The molecule has 0 bridgehead atoms. The number of aryl methyl sites for hydroxylation is 1. The molecule has 5 nitrogen and oxygen atoms in total. The number of imidazole rings is 1. The van der Waals surface area contributed by atoms with Gasteiger partial charge in [0.25, 0.3) is 0 Å². The van der Waals surface area contributed by atoms with Crippen molar-refractivity contribution in [2.75, 3.05) is 44.1 Å². The maximum atomic E-state index is 9.12. The first kappa shape index (κ1) is 14.2. The summed E-state index contributed by atoms with van der Waals surface area (Å²) < 4.78 is 2.16. The average Bonchev–Trinajstić information content (AvgIpc) is 2.85. The second-order valence-electron chi connectivity index (χ2n) is 5.35. The fraction of sp³-hybridized carbons (Fsp3) is 0.467. The third-order valence-corrected chi connectivity index (χ3v) is 4.10. The van der Waals surface area contributed by atoms with Gasteiger partial charge in [0.1, 0.15) is 5.82 Å². The van der Waals surface area contributed by atoms with Crippen molar-refractivity contribution in [3.63, 3.8) is 0 Å². The quantitative estimate of drug-likeness (QED) is 0.808. The molecule has 1 aliphatic rings. The summed E-state index contributed by atoms with van der Waals surface area (Å²) in [6.45, 7) is 3.96. The van der Waals surface area contributed by atoms with E-state index in [1.54, 1.807) is 0 Å². The van der Waals surface area contributed by atoms with Crippen molar-refractivity contribution < 1.29 is 0 Å². The molecule has 1 aromatic carbocycles. The van der Waals surface area contributed by atoms with E-state index in [0.717, 1.165) is 49.5 Å². The number of nitrogens with zero attached hydrogens (tertiary/aromatic N) is 5. The van der Waals surface area contributed by atoms with Crippen LogP contribution in [0.25, 0.3) is 11.0 Å². The van der Waals surface area contributed by atoms with Crippen LogP contribution in [-0.2, 0) is 6.42 Å². The molecule has 0 radical (unpaired) electrons. The van der Waals surface area contributed by atoms with E-state index in [0.29, 0.717) is 11.4 Å². The normalized spacial score (nSPS) is 16.3. The van der Waals surface area contributed by atoms with Crippen molar-refractivity contribution >= 4 is 22.6 Å². The number of nitriles is 1. The highest BCUT2D eigenvalue weighted by molar-refractivity contribution is 6.17. The molecule has 0 saturated carbocycles. The van der Waals surface area contributed by atoms with Gasteiger partial charge in [-0.3, -0.25) is 0 Å². The maximum Gasteiger partial charge on any atom is 0.130 e. The summed E-state index contributed by atoms with van der Waals surface area (Å²) in [7, 11) is 2.14. The van der Waals surface area contributed by atoms with Crippen LogP contribution in [0.4, 0.5) is 0 Å². The van der Waals surface area contributed by atoms with Crippen molar-refractivity contribution in [1.29, 1.82) is 5.26 Å². The lowest BCUT2D eigenvalue weighted by Crippen LogP contribution is -2.50. The van der Waals surface area contributed by atoms with Gasteiger partial charge < -0.3 is 9.91 Å². The third kappa shape index (κ3) is 2.69. The minimum atomic E-state index is 0.544. The van der Waals surface area contributed by atoms with Crippen LogP contribution in [0, 0.1) is 11.3 Å². The van der Waals surface area contributed by atoms with E-state index in [2.05, 4.69) is 32.7 Å². The summed E-state index contributed by atoms with van der Waals surface area (Å²) in [6, 6.07) is 7.85. The Balaban J connectivity index is 2.08. The van der Waals surface area contributed by atoms with E-state index in [4.69, 9.17) is 16.9 Å².